The van der Waals surface area contributed by atoms with Gasteiger partial charge in [-0.25, -0.2) is 10.8 Å². The number of nitrogens with zero attached hydrogens (tertiary/aromatic N) is 1. The minimum absolute atomic E-state index is 0.0736. The molecule has 1 fully saturated rings. The highest BCUT2D eigenvalue weighted by Crippen LogP contribution is 2.32. The van der Waals surface area contributed by atoms with Crippen LogP contribution in [0, 0.1) is 5.92 Å². The molecule has 5 heteroatoms. The van der Waals surface area contributed by atoms with E-state index in [4.69, 9.17) is 5.84 Å². The average molecular weight is 220 g/mol. The predicted octanol–water partition coefficient (Wildman–Crippen LogP) is 0.895. The van der Waals surface area contributed by atoms with Crippen LogP contribution in [0.1, 0.15) is 30.1 Å². The second-order valence-electron chi connectivity index (χ2n) is 4.18. The number of carbonyl (C=O) groups excluding carboxylic acids is 1. The Balaban J connectivity index is 1.96. The second-order valence-corrected chi connectivity index (χ2v) is 4.18. The fourth-order valence-corrected chi connectivity index (χ4v) is 1.62. The van der Waals surface area contributed by atoms with Crippen LogP contribution in [-0.2, 0) is 0 Å². The maximum absolute atomic E-state index is 11.8. The Morgan fingerprint density at radius 3 is 2.81 bits per heavy atom. The second kappa shape index (κ2) is 4.49. The van der Waals surface area contributed by atoms with E-state index in [0.29, 0.717) is 17.3 Å². The summed E-state index contributed by atoms with van der Waals surface area (Å²) in [6.07, 6.45) is 3.95. The minimum atomic E-state index is -0.0736. The number of rotatable bonds is 4. The Hall–Kier alpha value is -1.62. The number of carbonyl (C=O) groups is 1. The molecule has 1 unspecified atom stereocenters. The molecule has 1 aliphatic carbocycles. The number of aromatic nitrogens is 1. The van der Waals surface area contributed by atoms with Crippen molar-refractivity contribution in [2.75, 3.05) is 5.43 Å². The van der Waals surface area contributed by atoms with Gasteiger partial charge in [0.1, 0.15) is 5.82 Å². The van der Waals surface area contributed by atoms with Crippen molar-refractivity contribution >= 4 is 11.7 Å². The van der Waals surface area contributed by atoms with Crippen LogP contribution in [0.25, 0.3) is 0 Å². The third-order valence-electron chi connectivity index (χ3n) is 2.86. The van der Waals surface area contributed by atoms with Crippen LogP contribution in [0.2, 0.25) is 0 Å². The zero-order valence-electron chi connectivity index (χ0n) is 9.23. The Morgan fingerprint density at radius 1 is 1.56 bits per heavy atom. The number of nitrogen functional groups attached to an aromatic ring is 1. The molecule has 1 aliphatic rings. The highest BCUT2D eigenvalue weighted by Gasteiger charge is 2.29. The smallest absolute Gasteiger partial charge is 0.253 e. The maximum Gasteiger partial charge on any atom is 0.253 e. The average Bonchev–Trinajstić information content (AvgIpc) is 3.13. The number of hydrazine groups is 1. The Kier molecular flexibility index (Phi) is 3.05. The van der Waals surface area contributed by atoms with E-state index in [2.05, 4.69) is 15.7 Å². The standard InChI is InChI=1S/C11H16N4O/c1-7(8-2-3-8)14-11(16)9-4-5-10(15-12)13-6-9/h4-8H,2-3,12H2,1H3,(H,13,15)(H,14,16). The summed E-state index contributed by atoms with van der Waals surface area (Å²) in [5.41, 5.74) is 2.98. The van der Waals surface area contributed by atoms with Crippen molar-refractivity contribution in [3.8, 4) is 0 Å². The van der Waals surface area contributed by atoms with Gasteiger partial charge in [0.15, 0.2) is 0 Å². The number of anilines is 1. The minimum Gasteiger partial charge on any atom is -0.349 e. The molecule has 1 aromatic rings. The van der Waals surface area contributed by atoms with Crippen LogP contribution in [0.15, 0.2) is 18.3 Å². The molecule has 1 saturated carbocycles. The third kappa shape index (κ3) is 2.49. The van der Waals surface area contributed by atoms with Crippen LogP contribution < -0.4 is 16.6 Å². The molecular weight excluding hydrogens is 204 g/mol. The highest BCUT2D eigenvalue weighted by molar-refractivity contribution is 5.94. The van der Waals surface area contributed by atoms with Crippen molar-refractivity contribution in [2.45, 2.75) is 25.8 Å². The first kappa shape index (κ1) is 10.9. The van der Waals surface area contributed by atoms with Gasteiger partial charge in [-0.2, -0.15) is 0 Å². The van der Waals surface area contributed by atoms with Crippen molar-refractivity contribution in [1.29, 1.82) is 0 Å². The van der Waals surface area contributed by atoms with Gasteiger partial charge in [-0.15, -0.1) is 0 Å². The molecule has 0 spiro atoms. The van der Waals surface area contributed by atoms with Crippen molar-refractivity contribution in [3.63, 3.8) is 0 Å². The summed E-state index contributed by atoms with van der Waals surface area (Å²) >= 11 is 0. The summed E-state index contributed by atoms with van der Waals surface area (Å²) in [5.74, 6) is 6.32. The predicted molar refractivity (Wildman–Crippen MR) is 61.7 cm³/mol. The number of nitrogens with one attached hydrogen (secondary N) is 2. The molecule has 1 aromatic heterocycles. The molecule has 0 radical (unpaired) electrons. The van der Waals surface area contributed by atoms with E-state index in [1.54, 1.807) is 12.1 Å². The lowest BCUT2D eigenvalue weighted by Gasteiger charge is -2.12. The SMILES string of the molecule is CC(NC(=O)c1ccc(NN)nc1)C1CC1. The van der Waals surface area contributed by atoms with Crippen molar-refractivity contribution < 1.29 is 4.79 Å². The van der Waals surface area contributed by atoms with Gasteiger partial charge in [-0.1, -0.05) is 0 Å². The highest BCUT2D eigenvalue weighted by atomic mass is 16.1. The van der Waals surface area contributed by atoms with Crippen LogP contribution in [0.4, 0.5) is 5.82 Å². The topological polar surface area (TPSA) is 80.0 Å². The van der Waals surface area contributed by atoms with Crippen LogP contribution >= 0.6 is 0 Å². The number of hydrogen-bond donors (Lipinski definition) is 3. The Morgan fingerprint density at radius 2 is 2.31 bits per heavy atom. The van der Waals surface area contributed by atoms with E-state index in [-0.39, 0.29) is 11.9 Å². The first-order valence-electron chi connectivity index (χ1n) is 5.44. The number of nitrogens with two attached hydrogens (primary N) is 1. The van der Waals surface area contributed by atoms with Crippen molar-refractivity contribution in [2.24, 2.45) is 11.8 Å². The molecule has 0 saturated heterocycles. The van der Waals surface area contributed by atoms with Gasteiger partial charge in [0, 0.05) is 12.2 Å². The van der Waals surface area contributed by atoms with E-state index >= 15 is 0 Å². The fraction of sp³-hybridized carbons (Fsp3) is 0.455. The number of hydrogen-bond acceptors (Lipinski definition) is 4. The Bertz CT molecular complexity index is 372. The molecule has 1 amide bonds. The van der Waals surface area contributed by atoms with E-state index in [1.807, 2.05) is 6.92 Å². The molecular formula is C11H16N4O. The van der Waals surface area contributed by atoms with Crippen LogP contribution in [0.3, 0.4) is 0 Å². The molecule has 5 nitrogen and oxygen atoms in total. The number of pyridine rings is 1. The summed E-state index contributed by atoms with van der Waals surface area (Å²) in [6.45, 7) is 2.04. The van der Waals surface area contributed by atoms with Crippen molar-refractivity contribution in [1.82, 2.24) is 10.3 Å². The maximum atomic E-state index is 11.8. The van der Waals surface area contributed by atoms with Gasteiger partial charge in [-0.05, 0) is 37.8 Å². The third-order valence-corrected chi connectivity index (χ3v) is 2.86. The molecule has 86 valence electrons. The molecule has 16 heavy (non-hydrogen) atoms. The molecule has 1 heterocycles. The summed E-state index contributed by atoms with van der Waals surface area (Å²) in [4.78, 5) is 15.8. The normalized spacial score (nSPS) is 16.6. The van der Waals surface area contributed by atoms with Gasteiger partial charge in [-0.3, -0.25) is 4.79 Å². The zero-order chi connectivity index (χ0) is 11.5. The van der Waals surface area contributed by atoms with Crippen LogP contribution in [0.5, 0.6) is 0 Å². The largest absolute Gasteiger partial charge is 0.349 e. The lowest BCUT2D eigenvalue weighted by Crippen LogP contribution is -2.34. The van der Waals surface area contributed by atoms with Gasteiger partial charge < -0.3 is 10.7 Å². The molecule has 4 N–H and O–H groups in total. The van der Waals surface area contributed by atoms with Crippen LogP contribution in [-0.4, -0.2) is 16.9 Å². The summed E-state index contributed by atoms with van der Waals surface area (Å²) < 4.78 is 0. The van der Waals surface area contributed by atoms with Gasteiger partial charge >= 0.3 is 0 Å². The van der Waals surface area contributed by atoms with Crippen molar-refractivity contribution in [3.05, 3.63) is 23.9 Å². The van der Waals surface area contributed by atoms with E-state index in [9.17, 15) is 4.79 Å². The zero-order valence-corrected chi connectivity index (χ0v) is 9.23. The Labute approximate surface area is 94.4 Å². The lowest BCUT2D eigenvalue weighted by molar-refractivity contribution is 0.0935. The van der Waals surface area contributed by atoms with Gasteiger partial charge in [0.2, 0.25) is 0 Å². The lowest BCUT2D eigenvalue weighted by atomic mass is 10.2. The van der Waals surface area contributed by atoms with Gasteiger partial charge in [0.25, 0.3) is 5.91 Å². The number of amides is 1. The molecule has 0 bridgehead atoms. The first-order chi connectivity index (χ1) is 7.70. The quantitative estimate of drug-likeness (QED) is 0.520. The summed E-state index contributed by atoms with van der Waals surface area (Å²) in [5, 5.41) is 2.96. The van der Waals surface area contributed by atoms with Gasteiger partial charge in [0.05, 0.1) is 5.56 Å². The first-order valence-corrected chi connectivity index (χ1v) is 5.44. The molecule has 1 atom stereocenters. The molecule has 2 rings (SSSR count). The van der Waals surface area contributed by atoms with E-state index < -0.39 is 0 Å². The molecule has 0 aliphatic heterocycles. The van der Waals surface area contributed by atoms with E-state index in [1.165, 1.54) is 19.0 Å². The monoisotopic (exact) mass is 220 g/mol. The summed E-state index contributed by atoms with van der Waals surface area (Å²) in [7, 11) is 0. The molecule has 0 aromatic carbocycles. The van der Waals surface area contributed by atoms with E-state index in [0.717, 1.165) is 0 Å². The fourth-order valence-electron chi connectivity index (χ4n) is 1.62. The summed E-state index contributed by atoms with van der Waals surface area (Å²) in [6, 6.07) is 3.63.